The van der Waals surface area contributed by atoms with Crippen LogP contribution in [0.15, 0.2) is 60.9 Å². The lowest BCUT2D eigenvalue weighted by Crippen LogP contribution is -2.58. The summed E-state index contributed by atoms with van der Waals surface area (Å²) in [5.41, 5.74) is 12.9. The number of hydrogen-bond acceptors (Lipinski definition) is 10. The van der Waals surface area contributed by atoms with Crippen LogP contribution in [0.2, 0.25) is 0 Å². The van der Waals surface area contributed by atoms with E-state index in [9.17, 15) is 14.4 Å². The van der Waals surface area contributed by atoms with Crippen molar-refractivity contribution in [2.45, 2.75) is 85.7 Å². The van der Waals surface area contributed by atoms with E-state index >= 15 is 0 Å². The molecule has 6 N–H and O–H groups in total. The van der Waals surface area contributed by atoms with Gasteiger partial charge in [0.15, 0.2) is 11.8 Å². The van der Waals surface area contributed by atoms with Crippen molar-refractivity contribution in [1.82, 2.24) is 14.9 Å². The van der Waals surface area contributed by atoms with Gasteiger partial charge in [0, 0.05) is 18.8 Å². The topological polar surface area (TPSA) is 173 Å². The number of nitrogens with two attached hydrogens (primary N) is 2. The maximum Gasteiger partial charge on any atom is 0.311 e. The molecular weight excluding hydrogens is 576 g/mol. The summed E-state index contributed by atoms with van der Waals surface area (Å²) in [6.45, 7) is 12.9. The summed E-state index contributed by atoms with van der Waals surface area (Å²) in [7, 11) is 0. The Balaban J connectivity index is 1.74. The van der Waals surface area contributed by atoms with E-state index in [1.165, 1.54) is 10.9 Å². The van der Waals surface area contributed by atoms with Gasteiger partial charge in [0.25, 0.3) is 5.91 Å². The average Bonchev–Trinajstić information content (AvgIpc) is 3.48. The predicted molar refractivity (Wildman–Crippen MR) is 169 cm³/mol. The Kier molecular flexibility index (Phi) is 9.59. The highest BCUT2D eigenvalue weighted by Crippen LogP contribution is 2.41. The zero-order valence-corrected chi connectivity index (χ0v) is 26.9. The van der Waals surface area contributed by atoms with Crippen molar-refractivity contribution in [3.05, 3.63) is 77.7 Å². The van der Waals surface area contributed by atoms with Crippen molar-refractivity contribution < 1.29 is 28.6 Å². The molecule has 1 saturated heterocycles. The van der Waals surface area contributed by atoms with Crippen molar-refractivity contribution in [1.29, 1.82) is 0 Å². The highest BCUT2D eigenvalue weighted by Gasteiger charge is 2.61. The first-order valence-corrected chi connectivity index (χ1v) is 14.9. The molecule has 12 heteroatoms. The Hall–Kier alpha value is -4.42. The normalized spacial score (nSPS) is 21.7. The molecule has 1 fully saturated rings. The van der Waals surface area contributed by atoms with E-state index in [0.29, 0.717) is 6.54 Å². The number of ether oxygens (including phenoxy) is 3. The molecule has 12 nitrogen and oxygen atoms in total. The summed E-state index contributed by atoms with van der Waals surface area (Å²) in [4.78, 5) is 42.8. The number of carbonyl (C=O) groups excluding carboxylic acids is 3. The first-order chi connectivity index (χ1) is 21.0. The summed E-state index contributed by atoms with van der Waals surface area (Å²) in [5, 5.41) is 6.80. The molecule has 0 radical (unpaired) electrons. The third-order valence-corrected chi connectivity index (χ3v) is 7.42. The van der Waals surface area contributed by atoms with Crippen molar-refractivity contribution >= 4 is 29.4 Å². The minimum atomic E-state index is -1.75. The molecule has 3 aromatic rings. The maximum atomic E-state index is 13.4. The molecule has 1 aliphatic rings. The van der Waals surface area contributed by atoms with Gasteiger partial charge in [-0.3, -0.25) is 24.3 Å². The number of esters is 2. The molecule has 4 atom stereocenters. The fraction of sp³-hybridized carbons (Fsp3) is 0.455. The van der Waals surface area contributed by atoms with Crippen LogP contribution in [-0.4, -0.2) is 45.7 Å². The zero-order chi connectivity index (χ0) is 33.2. The number of amides is 1. The van der Waals surface area contributed by atoms with E-state index in [1.54, 1.807) is 48.5 Å². The standard InChI is InChI=1S/C33H44N6O6/c1-20-25(43-29(41)31(2,3)4)26(44-30(42)32(5,6)7)33(45-20,39-19-37-24(27(39)34)28(35)40)38-18-22-14-11-15-23(16-22)36-17-21-12-9-8-10-13-21/h8-16,19-20,25-26,36,38H,17-18,34H2,1-7H3,(H2,35,40)/t20-,25-,26-,33+/m1/s1. The van der Waals surface area contributed by atoms with Gasteiger partial charge in [-0.15, -0.1) is 0 Å². The summed E-state index contributed by atoms with van der Waals surface area (Å²) in [6, 6.07) is 17.8. The number of nitrogen functional groups attached to an aromatic ring is 1. The van der Waals surface area contributed by atoms with Crippen LogP contribution >= 0.6 is 0 Å². The molecule has 1 aliphatic heterocycles. The molecule has 0 aliphatic carbocycles. The lowest BCUT2D eigenvalue weighted by molar-refractivity contribution is -0.199. The van der Waals surface area contributed by atoms with Crippen LogP contribution < -0.4 is 22.1 Å². The van der Waals surface area contributed by atoms with Crippen LogP contribution in [0.4, 0.5) is 11.5 Å². The van der Waals surface area contributed by atoms with E-state index in [2.05, 4.69) is 15.6 Å². The van der Waals surface area contributed by atoms with Crippen LogP contribution in [0.5, 0.6) is 0 Å². The Labute approximate surface area is 263 Å². The lowest BCUT2D eigenvalue weighted by atomic mass is 9.96. The smallest absolute Gasteiger partial charge is 0.311 e. The minimum absolute atomic E-state index is 0.111. The van der Waals surface area contributed by atoms with Gasteiger partial charge in [-0.1, -0.05) is 42.5 Å². The second kappa shape index (κ2) is 12.9. The summed E-state index contributed by atoms with van der Waals surface area (Å²) < 4.78 is 20.0. The first-order valence-electron chi connectivity index (χ1n) is 14.9. The van der Waals surface area contributed by atoms with Gasteiger partial charge in [-0.25, -0.2) is 4.98 Å². The molecule has 242 valence electrons. The molecule has 0 spiro atoms. The van der Waals surface area contributed by atoms with Crippen molar-refractivity contribution in [3.8, 4) is 0 Å². The van der Waals surface area contributed by atoms with Gasteiger partial charge in [-0.2, -0.15) is 0 Å². The maximum absolute atomic E-state index is 13.4. The van der Waals surface area contributed by atoms with Gasteiger partial charge >= 0.3 is 11.9 Å². The summed E-state index contributed by atoms with van der Waals surface area (Å²) in [5.74, 6) is -3.77. The number of anilines is 2. The van der Waals surface area contributed by atoms with Crippen LogP contribution in [0.1, 0.15) is 70.1 Å². The number of hydrogen-bond donors (Lipinski definition) is 4. The quantitative estimate of drug-likeness (QED) is 0.243. The van der Waals surface area contributed by atoms with E-state index in [0.717, 1.165) is 16.8 Å². The number of rotatable bonds is 10. The molecular formula is C33H44N6O6. The lowest BCUT2D eigenvalue weighted by Gasteiger charge is -2.38. The highest BCUT2D eigenvalue weighted by molar-refractivity contribution is 5.95. The SMILES string of the molecule is C[C@H]1O[C@@](NCc2cccc(NCc3ccccc3)c2)(n2cnc(C(N)=O)c2N)[C@H](OC(=O)C(C)(C)C)[C@@H]1OC(=O)C(C)(C)C. The Morgan fingerprint density at radius 1 is 0.933 bits per heavy atom. The molecule has 2 aromatic carbocycles. The van der Waals surface area contributed by atoms with Gasteiger partial charge in [0.1, 0.15) is 18.2 Å². The number of primary amides is 1. The first kappa shape index (κ1) is 33.5. The van der Waals surface area contributed by atoms with E-state index < -0.39 is 52.8 Å². The summed E-state index contributed by atoms with van der Waals surface area (Å²) in [6.07, 6.45) is -1.78. The predicted octanol–water partition coefficient (Wildman–Crippen LogP) is 3.91. The van der Waals surface area contributed by atoms with Crippen LogP contribution in [-0.2, 0) is 42.7 Å². The monoisotopic (exact) mass is 620 g/mol. The van der Waals surface area contributed by atoms with Crippen LogP contribution in [0.3, 0.4) is 0 Å². The van der Waals surface area contributed by atoms with E-state index in [1.807, 2.05) is 54.6 Å². The minimum Gasteiger partial charge on any atom is -0.455 e. The summed E-state index contributed by atoms with van der Waals surface area (Å²) >= 11 is 0. The zero-order valence-electron chi connectivity index (χ0n) is 26.9. The van der Waals surface area contributed by atoms with Gasteiger partial charge in [-0.05, 0) is 71.7 Å². The number of nitrogens with zero attached hydrogens (tertiary/aromatic N) is 2. The molecule has 0 saturated carbocycles. The largest absolute Gasteiger partial charge is 0.455 e. The average molecular weight is 621 g/mol. The second-order valence-corrected chi connectivity index (χ2v) is 13.3. The van der Waals surface area contributed by atoms with E-state index in [-0.39, 0.29) is 18.1 Å². The number of benzene rings is 2. The van der Waals surface area contributed by atoms with Gasteiger partial charge in [0.05, 0.1) is 10.8 Å². The fourth-order valence-corrected chi connectivity index (χ4v) is 4.84. The van der Waals surface area contributed by atoms with Crippen molar-refractivity contribution in [3.63, 3.8) is 0 Å². The highest BCUT2D eigenvalue weighted by atomic mass is 16.7. The number of nitrogens with one attached hydrogen (secondary N) is 2. The van der Waals surface area contributed by atoms with E-state index in [4.69, 9.17) is 25.7 Å². The molecule has 4 rings (SSSR count). The third kappa shape index (κ3) is 7.46. The second-order valence-electron chi connectivity index (χ2n) is 13.3. The molecule has 0 unspecified atom stereocenters. The van der Waals surface area contributed by atoms with Gasteiger partial charge in [0.2, 0.25) is 12.0 Å². The molecule has 45 heavy (non-hydrogen) atoms. The Bertz CT molecular complexity index is 1530. The van der Waals surface area contributed by atoms with Gasteiger partial charge < -0.3 is 31.0 Å². The molecule has 1 amide bonds. The van der Waals surface area contributed by atoms with Crippen molar-refractivity contribution in [2.75, 3.05) is 11.1 Å². The Morgan fingerprint density at radius 3 is 2.16 bits per heavy atom. The fourth-order valence-electron chi connectivity index (χ4n) is 4.84. The molecule has 2 heterocycles. The molecule has 1 aromatic heterocycles. The van der Waals surface area contributed by atoms with Crippen LogP contribution in [0, 0.1) is 10.8 Å². The number of imidazole rings is 1. The number of aromatic nitrogens is 2. The Morgan fingerprint density at radius 2 is 1.56 bits per heavy atom. The van der Waals surface area contributed by atoms with Crippen molar-refractivity contribution in [2.24, 2.45) is 16.6 Å². The van der Waals surface area contributed by atoms with Crippen LogP contribution in [0.25, 0.3) is 0 Å². The molecule has 0 bridgehead atoms. The number of carbonyl (C=O) groups is 3. The third-order valence-electron chi connectivity index (χ3n) is 7.42.